The van der Waals surface area contributed by atoms with Crippen LogP contribution in [0.1, 0.15) is 19.4 Å². The van der Waals surface area contributed by atoms with Crippen molar-refractivity contribution >= 4 is 17.8 Å². The van der Waals surface area contributed by atoms with Crippen molar-refractivity contribution < 1.29 is 24.6 Å². The first-order valence-corrected chi connectivity index (χ1v) is 7.54. The van der Waals surface area contributed by atoms with Crippen LogP contribution in [0.2, 0.25) is 0 Å². The third kappa shape index (κ3) is 6.25. The standard InChI is InChI=1S/C16H23N3O5/c1-9(2)14(16(24)18-8-13(21)22)19-15(23)12(17)7-10-3-5-11(20)6-4-10/h3-6,9,12,14,20H,7-8,17H2,1-2H3,(H,18,24)(H,19,23)(H,21,22)/t12-,14+/m0/s1. The third-order valence-electron chi connectivity index (χ3n) is 3.39. The second kappa shape index (κ2) is 8.88. The van der Waals surface area contributed by atoms with Gasteiger partial charge < -0.3 is 26.6 Å². The first kappa shape index (κ1) is 19.4. The van der Waals surface area contributed by atoms with Gasteiger partial charge in [-0.05, 0) is 30.0 Å². The molecule has 24 heavy (non-hydrogen) atoms. The molecule has 0 radical (unpaired) electrons. The van der Waals surface area contributed by atoms with Crippen molar-refractivity contribution in [1.29, 1.82) is 0 Å². The molecule has 8 heteroatoms. The Kier molecular flexibility index (Phi) is 7.19. The zero-order valence-electron chi connectivity index (χ0n) is 13.7. The van der Waals surface area contributed by atoms with Crippen LogP contribution in [0.3, 0.4) is 0 Å². The van der Waals surface area contributed by atoms with E-state index in [9.17, 15) is 19.5 Å². The van der Waals surface area contributed by atoms with E-state index in [-0.39, 0.29) is 18.1 Å². The van der Waals surface area contributed by atoms with Crippen LogP contribution in [-0.4, -0.2) is 46.6 Å². The number of nitrogens with one attached hydrogen (secondary N) is 2. The molecule has 0 saturated carbocycles. The van der Waals surface area contributed by atoms with Gasteiger partial charge in [-0.2, -0.15) is 0 Å². The molecular formula is C16H23N3O5. The van der Waals surface area contributed by atoms with Gasteiger partial charge in [0.1, 0.15) is 18.3 Å². The van der Waals surface area contributed by atoms with Crippen molar-refractivity contribution in [3.05, 3.63) is 29.8 Å². The van der Waals surface area contributed by atoms with Gasteiger partial charge in [-0.15, -0.1) is 0 Å². The maximum atomic E-state index is 12.2. The minimum Gasteiger partial charge on any atom is -0.508 e. The normalized spacial score (nSPS) is 13.2. The van der Waals surface area contributed by atoms with E-state index in [1.165, 1.54) is 12.1 Å². The Bertz CT molecular complexity index is 586. The smallest absolute Gasteiger partial charge is 0.322 e. The summed E-state index contributed by atoms with van der Waals surface area (Å²) < 4.78 is 0. The number of amides is 2. The Morgan fingerprint density at radius 1 is 1.12 bits per heavy atom. The number of carbonyl (C=O) groups is 3. The maximum absolute atomic E-state index is 12.2. The van der Waals surface area contributed by atoms with E-state index in [4.69, 9.17) is 10.8 Å². The van der Waals surface area contributed by atoms with E-state index in [1.54, 1.807) is 26.0 Å². The summed E-state index contributed by atoms with van der Waals surface area (Å²) >= 11 is 0. The molecule has 0 bridgehead atoms. The largest absolute Gasteiger partial charge is 0.508 e. The van der Waals surface area contributed by atoms with Crippen LogP contribution < -0.4 is 16.4 Å². The summed E-state index contributed by atoms with van der Waals surface area (Å²) in [4.78, 5) is 34.7. The quantitative estimate of drug-likeness (QED) is 0.437. The molecule has 132 valence electrons. The monoisotopic (exact) mass is 337 g/mol. The first-order valence-electron chi connectivity index (χ1n) is 7.54. The molecule has 1 rings (SSSR count). The van der Waals surface area contributed by atoms with Crippen LogP contribution in [-0.2, 0) is 20.8 Å². The van der Waals surface area contributed by atoms with Crippen molar-refractivity contribution in [2.24, 2.45) is 11.7 Å². The van der Waals surface area contributed by atoms with Crippen LogP contribution in [0, 0.1) is 5.92 Å². The SMILES string of the molecule is CC(C)[C@@H](NC(=O)[C@@H](N)Cc1ccc(O)cc1)C(=O)NCC(=O)O. The predicted octanol–water partition coefficient (Wildman–Crippen LogP) is -0.396. The number of nitrogens with two attached hydrogens (primary N) is 1. The third-order valence-corrected chi connectivity index (χ3v) is 3.39. The van der Waals surface area contributed by atoms with Crippen LogP contribution in [0.5, 0.6) is 5.75 Å². The van der Waals surface area contributed by atoms with E-state index in [2.05, 4.69) is 10.6 Å². The van der Waals surface area contributed by atoms with Gasteiger partial charge in [0.25, 0.3) is 0 Å². The van der Waals surface area contributed by atoms with E-state index in [0.29, 0.717) is 0 Å². The lowest BCUT2D eigenvalue weighted by molar-refractivity contribution is -0.138. The molecule has 0 heterocycles. The molecule has 0 aliphatic rings. The zero-order valence-corrected chi connectivity index (χ0v) is 13.7. The molecule has 1 aromatic carbocycles. The number of hydrogen-bond acceptors (Lipinski definition) is 5. The number of hydrogen-bond donors (Lipinski definition) is 5. The van der Waals surface area contributed by atoms with Crippen LogP contribution in [0.15, 0.2) is 24.3 Å². The van der Waals surface area contributed by atoms with Crippen molar-refractivity contribution in [2.75, 3.05) is 6.54 Å². The molecule has 6 N–H and O–H groups in total. The number of rotatable bonds is 8. The summed E-state index contributed by atoms with van der Waals surface area (Å²) in [6.07, 6.45) is 0.244. The van der Waals surface area contributed by atoms with Crippen molar-refractivity contribution in [2.45, 2.75) is 32.4 Å². The first-order chi connectivity index (χ1) is 11.2. The van der Waals surface area contributed by atoms with E-state index in [0.717, 1.165) is 5.56 Å². The lowest BCUT2D eigenvalue weighted by atomic mass is 10.0. The molecule has 2 amide bonds. The highest BCUT2D eigenvalue weighted by Crippen LogP contribution is 2.11. The lowest BCUT2D eigenvalue weighted by Gasteiger charge is -2.23. The van der Waals surface area contributed by atoms with Gasteiger partial charge in [0.05, 0.1) is 6.04 Å². The van der Waals surface area contributed by atoms with Gasteiger partial charge in [0.15, 0.2) is 0 Å². The molecule has 1 aromatic rings. The molecule has 2 atom stereocenters. The number of phenolic OH excluding ortho intramolecular Hbond substituents is 1. The number of benzene rings is 1. The van der Waals surface area contributed by atoms with Gasteiger partial charge in [-0.1, -0.05) is 26.0 Å². The summed E-state index contributed by atoms with van der Waals surface area (Å²) in [5.41, 5.74) is 6.63. The van der Waals surface area contributed by atoms with Crippen LogP contribution in [0.25, 0.3) is 0 Å². The summed E-state index contributed by atoms with van der Waals surface area (Å²) in [5.74, 6) is -2.36. The summed E-state index contributed by atoms with van der Waals surface area (Å²) in [5, 5.41) is 22.6. The molecule has 0 aliphatic heterocycles. The predicted molar refractivity (Wildman–Crippen MR) is 87.2 cm³/mol. The molecule has 0 unspecified atom stereocenters. The average Bonchev–Trinajstić information content (AvgIpc) is 2.51. The second-order valence-electron chi connectivity index (χ2n) is 5.82. The molecule has 0 spiro atoms. The van der Waals surface area contributed by atoms with E-state index < -0.39 is 36.4 Å². The molecule has 0 saturated heterocycles. The zero-order chi connectivity index (χ0) is 18.3. The number of phenols is 1. The van der Waals surface area contributed by atoms with Crippen molar-refractivity contribution in [1.82, 2.24) is 10.6 Å². The molecule has 8 nitrogen and oxygen atoms in total. The molecule has 0 aromatic heterocycles. The fourth-order valence-electron chi connectivity index (χ4n) is 2.05. The fraction of sp³-hybridized carbons (Fsp3) is 0.438. The summed E-state index contributed by atoms with van der Waals surface area (Å²) in [6.45, 7) is 2.95. The van der Waals surface area contributed by atoms with Gasteiger partial charge in [-0.25, -0.2) is 0 Å². The Hall–Kier alpha value is -2.61. The Morgan fingerprint density at radius 2 is 1.71 bits per heavy atom. The number of carboxylic acid groups (broad SMARTS) is 1. The second-order valence-corrected chi connectivity index (χ2v) is 5.82. The topological polar surface area (TPSA) is 142 Å². The van der Waals surface area contributed by atoms with E-state index >= 15 is 0 Å². The van der Waals surface area contributed by atoms with Gasteiger partial charge in [0.2, 0.25) is 11.8 Å². The maximum Gasteiger partial charge on any atom is 0.322 e. The fourth-order valence-corrected chi connectivity index (χ4v) is 2.05. The van der Waals surface area contributed by atoms with E-state index in [1.807, 2.05) is 0 Å². The number of carbonyl (C=O) groups excluding carboxylic acids is 2. The Labute approximate surface area is 140 Å². The molecule has 0 aliphatic carbocycles. The van der Waals surface area contributed by atoms with Gasteiger partial charge >= 0.3 is 5.97 Å². The Morgan fingerprint density at radius 3 is 2.21 bits per heavy atom. The average molecular weight is 337 g/mol. The Balaban J connectivity index is 2.64. The van der Waals surface area contributed by atoms with Crippen LogP contribution in [0.4, 0.5) is 0 Å². The lowest BCUT2D eigenvalue weighted by Crippen LogP contribution is -2.54. The minimum absolute atomic E-state index is 0.117. The highest BCUT2D eigenvalue weighted by molar-refractivity contribution is 5.91. The van der Waals surface area contributed by atoms with Gasteiger partial charge in [-0.3, -0.25) is 14.4 Å². The number of aliphatic carboxylic acids is 1. The van der Waals surface area contributed by atoms with Crippen LogP contribution >= 0.6 is 0 Å². The number of carboxylic acids is 1. The summed E-state index contributed by atoms with van der Waals surface area (Å²) in [7, 11) is 0. The minimum atomic E-state index is -1.17. The molecular weight excluding hydrogens is 314 g/mol. The molecule has 0 fully saturated rings. The van der Waals surface area contributed by atoms with Gasteiger partial charge in [0, 0.05) is 0 Å². The summed E-state index contributed by atoms with van der Waals surface area (Å²) in [6, 6.07) is 4.56. The van der Waals surface area contributed by atoms with Crippen molar-refractivity contribution in [3.63, 3.8) is 0 Å². The van der Waals surface area contributed by atoms with Crippen molar-refractivity contribution in [3.8, 4) is 5.75 Å². The highest BCUT2D eigenvalue weighted by Gasteiger charge is 2.26. The highest BCUT2D eigenvalue weighted by atomic mass is 16.4. The number of aromatic hydroxyl groups is 1.